The van der Waals surface area contributed by atoms with Gasteiger partial charge in [-0.1, -0.05) is 25.7 Å². The summed E-state index contributed by atoms with van der Waals surface area (Å²) in [4.78, 5) is 4.34. The van der Waals surface area contributed by atoms with Crippen molar-refractivity contribution in [2.45, 2.75) is 44.1 Å². The van der Waals surface area contributed by atoms with Crippen LogP contribution in [0.5, 0.6) is 0 Å². The van der Waals surface area contributed by atoms with Crippen LogP contribution in [-0.2, 0) is 0 Å². The van der Waals surface area contributed by atoms with Gasteiger partial charge in [0.2, 0.25) is 0 Å². The van der Waals surface area contributed by atoms with Crippen LogP contribution in [-0.4, -0.2) is 22.2 Å². The number of hydrogen-bond acceptors (Lipinski definition) is 5. The van der Waals surface area contributed by atoms with E-state index >= 15 is 0 Å². The Labute approximate surface area is 118 Å². The molecule has 0 amide bonds. The molecule has 0 radical (unpaired) electrons. The molecule has 1 aliphatic carbocycles. The molecular weight excluding hydrogens is 254 g/mol. The van der Waals surface area contributed by atoms with Crippen molar-refractivity contribution in [2.75, 3.05) is 17.6 Å². The monoisotopic (exact) mass is 275 g/mol. The topological polar surface area (TPSA) is 84.3 Å². The lowest BCUT2D eigenvalue weighted by Gasteiger charge is -2.26. The van der Waals surface area contributed by atoms with Crippen LogP contribution in [0.1, 0.15) is 38.5 Å². The Morgan fingerprint density at radius 2 is 2.00 bits per heavy atom. The number of nitrogens with zero attached hydrogens (tertiary/aromatic N) is 1. The SMILES string of the molecule is Nc1ccc2oc(NCC3(O)CCCCCC3)nc2c1. The van der Waals surface area contributed by atoms with Crippen molar-refractivity contribution in [3.63, 3.8) is 0 Å². The summed E-state index contributed by atoms with van der Waals surface area (Å²) in [5.41, 5.74) is 7.18. The first-order chi connectivity index (χ1) is 9.65. The predicted molar refractivity (Wildman–Crippen MR) is 79.6 cm³/mol. The van der Waals surface area contributed by atoms with E-state index in [9.17, 15) is 5.11 Å². The molecule has 0 aliphatic heterocycles. The molecule has 3 rings (SSSR count). The number of oxazole rings is 1. The van der Waals surface area contributed by atoms with Crippen molar-refractivity contribution in [1.29, 1.82) is 0 Å². The zero-order valence-corrected chi connectivity index (χ0v) is 11.6. The first-order valence-electron chi connectivity index (χ1n) is 7.27. The highest BCUT2D eigenvalue weighted by atomic mass is 16.4. The summed E-state index contributed by atoms with van der Waals surface area (Å²) in [6, 6.07) is 5.83. The molecule has 1 heterocycles. The van der Waals surface area contributed by atoms with Crippen LogP contribution in [0, 0.1) is 0 Å². The highest BCUT2D eigenvalue weighted by Crippen LogP contribution is 2.28. The molecule has 1 fully saturated rings. The Balaban J connectivity index is 1.69. The zero-order chi connectivity index (χ0) is 14.0. The van der Waals surface area contributed by atoms with Gasteiger partial charge in [0.05, 0.1) is 5.60 Å². The number of rotatable bonds is 3. The Morgan fingerprint density at radius 1 is 1.25 bits per heavy atom. The molecule has 2 aromatic rings. The minimum absolute atomic E-state index is 0.447. The molecule has 0 bridgehead atoms. The van der Waals surface area contributed by atoms with E-state index in [-0.39, 0.29) is 0 Å². The fraction of sp³-hybridized carbons (Fsp3) is 0.533. The van der Waals surface area contributed by atoms with Crippen LogP contribution in [0.25, 0.3) is 11.1 Å². The third-order valence-electron chi connectivity index (χ3n) is 4.01. The standard InChI is InChI=1S/C15H21N3O2/c16-11-5-6-13-12(9-11)18-14(20-13)17-10-15(19)7-3-1-2-4-8-15/h5-6,9,19H,1-4,7-8,10,16H2,(H,17,18). The number of nitrogens with two attached hydrogens (primary N) is 1. The van der Waals surface area contributed by atoms with Crippen LogP contribution in [0.15, 0.2) is 22.6 Å². The summed E-state index contributed by atoms with van der Waals surface area (Å²) >= 11 is 0. The number of benzene rings is 1. The lowest BCUT2D eigenvalue weighted by atomic mass is 9.95. The Bertz CT molecular complexity index is 586. The second-order valence-corrected chi connectivity index (χ2v) is 5.74. The second-order valence-electron chi connectivity index (χ2n) is 5.74. The second kappa shape index (κ2) is 5.32. The van der Waals surface area contributed by atoms with E-state index in [2.05, 4.69) is 10.3 Å². The molecule has 0 atom stereocenters. The fourth-order valence-electron chi connectivity index (χ4n) is 2.82. The summed E-state index contributed by atoms with van der Waals surface area (Å²) in [6.07, 6.45) is 6.28. The maximum absolute atomic E-state index is 10.6. The third-order valence-corrected chi connectivity index (χ3v) is 4.01. The normalized spacial score (nSPS) is 18.9. The molecule has 1 aromatic heterocycles. The van der Waals surface area contributed by atoms with E-state index in [1.54, 1.807) is 12.1 Å². The van der Waals surface area contributed by atoms with Gasteiger partial charge in [0.25, 0.3) is 6.01 Å². The Kier molecular flexibility index (Phi) is 3.53. The van der Waals surface area contributed by atoms with Gasteiger partial charge in [-0.05, 0) is 31.0 Å². The van der Waals surface area contributed by atoms with E-state index in [0.29, 0.717) is 23.8 Å². The summed E-state index contributed by atoms with van der Waals surface area (Å²) in [7, 11) is 0. The number of anilines is 2. The van der Waals surface area contributed by atoms with Gasteiger partial charge in [-0.25, -0.2) is 0 Å². The van der Waals surface area contributed by atoms with E-state index in [0.717, 1.165) is 31.2 Å². The molecule has 1 saturated carbocycles. The summed E-state index contributed by atoms with van der Waals surface area (Å²) in [5.74, 6) is 0. The van der Waals surface area contributed by atoms with Crippen LogP contribution in [0.2, 0.25) is 0 Å². The van der Waals surface area contributed by atoms with Crippen molar-refractivity contribution in [1.82, 2.24) is 4.98 Å². The van der Waals surface area contributed by atoms with Crippen LogP contribution in [0.3, 0.4) is 0 Å². The first kappa shape index (κ1) is 13.2. The van der Waals surface area contributed by atoms with Crippen molar-refractivity contribution in [2.24, 2.45) is 0 Å². The van der Waals surface area contributed by atoms with E-state index < -0.39 is 5.60 Å². The number of aliphatic hydroxyl groups is 1. The van der Waals surface area contributed by atoms with E-state index in [1.807, 2.05) is 6.07 Å². The highest BCUT2D eigenvalue weighted by molar-refractivity contribution is 5.78. The first-order valence-corrected chi connectivity index (χ1v) is 7.27. The summed E-state index contributed by atoms with van der Waals surface area (Å²) in [5, 5.41) is 13.7. The van der Waals surface area contributed by atoms with Crippen molar-refractivity contribution in [3.8, 4) is 0 Å². The smallest absolute Gasteiger partial charge is 0.295 e. The Hall–Kier alpha value is -1.75. The average molecular weight is 275 g/mol. The minimum atomic E-state index is -0.643. The fourth-order valence-corrected chi connectivity index (χ4v) is 2.82. The zero-order valence-electron chi connectivity index (χ0n) is 11.6. The van der Waals surface area contributed by atoms with Gasteiger partial charge in [0.15, 0.2) is 5.58 Å². The lowest BCUT2D eigenvalue weighted by molar-refractivity contribution is 0.0376. The number of fused-ring (bicyclic) bond motifs is 1. The maximum atomic E-state index is 10.6. The van der Waals surface area contributed by atoms with Gasteiger partial charge in [-0.3, -0.25) is 0 Å². The van der Waals surface area contributed by atoms with Gasteiger partial charge >= 0.3 is 0 Å². The van der Waals surface area contributed by atoms with Crippen molar-refractivity contribution < 1.29 is 9.52 Å². The van der Waals surface area contributed by atoms with Gasteiger partial charge < -0.3 is 20.6 Å². The minimum Gasteiger partial charge on any atom is -0.424 e. The number of nitrogens with one attached hydrogen (secondary N) is 1. The molecule has 20 heavy (non-hydrogen) atoms. The molecule has 5 heteroatoms. The lowest BCUT2D eigenvalue weighted by Crippen LogP contribution is -2.36. The summed E-state index contributed by atoms with van der Waals surface area (Å²) < 4.78 is 5.60. The number of nitrogen functional groups attached to an aromatic ring is 1. The molecule has 1 aliphatic rings. The molecule has 4 N–H and O–H groups in total. The molecule has 0 saturated heterocycles. The van der Waals surface area contributed by atoms with Crippen molar-refractivity contribution in [3.05, 3.63) is 18.2 Å². The molecule has 5 nitrogen and oxygen atoms in total. The molecule has 108 valence electrons. The van der Waals surface area contributed by atoms with E-state index in [4.69, 9.17) is 10.2 Å². The largest absolute Gasteiger partial charge is 0.424 e. The van der Waals surface area contributed by atoms with E-state index in [1.165, 1.54) is 12.8 Å². The Morgan fingerprint density at radius 3 is 2.75 bits per heavy atom. The number of aromatic nitrogens is 1. The van der Waals surface area contributed by atoms with Gasteiger partial charge in [-0.15, -0.1) is 0 Å². The van der Waals surface area contributed by atoms with Gasteiger partial charge in [-0.2, -0.15) is 4.98 Å². The maximum Gasteiger partial charge on any atom is 0.295 e. The van der Waals surface area contributed by atoms with Crippen molar-refractivity contribution >= 4 is 22.8 Å². The third kappa shape index (κ3) is 2.88. The van der Waals surface area contributed by atoms with Crippen LogP contribution in [0.4, 0.5) is 11.7 Å². The highest BCUT2D eigenvalue weighted by Gasteiger charge is 2.28. The van der Waals surface area contributed by atoms with Gasteiger partial charge in [0.1, 0.15) is 5.52 Å². The predicted octanol–water partition coefficient (Wildman–Crippen LogP) is 2.91. The average Bonchev–Trinajstić information content (AvgIpc) is 2.70. The molecule has 1 aromatic carbocycles. The number of hydrogen-bond donors (Lipinski definition) is 3. The van der Waals surface area contributed by atoms with Crippen LogP contribution < -0.4 is 11.1 Å². The molecule has 0 spiro atoms. The quantitative estimate of drug-likeness (QED) is 0.592. The summed E-state index contributed by atoms with van der Waals surface area (Å²) in [6.45, 7) is 0.481. The van der Waals surface area contributed by atoms with Gasteiger partial charge in [0, 0.05) is 12.2 Å². The molecular formula is C15H21N3O2. The van der Waals surface area contributed by atoms with Crippen LogP contribution >= 0.6 is 0 Å². The molecule has 0 unspecified atom stereocenters.